The van der Waals surface area contributed by atoms with Crippen LogP contribution in [0.5, 0.6) is 11.5 Å². The molecule has 0 spiro atoms. The maximum atomic E-state index is 12.9. The Morgan fingerprint density at radius 3 is 2.45 bits per heavy atom. The third-order valence-corrected chi connectivity index (χ3v) is 4.78. The lowest BCUT2D eigenvalue weighted by atomic mass is 10.1. The second-order valence-electron chi connectivity index (χ2n) is 6.19. The molecule has 1 saturated heterocycles. The number of barbiturate groups is 1. The van der Waals surface area contributed by atoms with E-state index < -0.39 is 17.8 Å². The predicted molar refractivity (Wildman–Crippen MR) is 112 cm³/mol. The van der Waals surface area contributed by atoms with Gasteiger partial charge in [-0.2, -0.15) is 0 Å². The molecule has 4 amide bonds. The Bertz CT molecular complexity index is 985. The Hall–Kier alpha value is -3.13. The molecule has 7 nitrogen and oxygen atoms in total. The molecule has 0 unspecified atom stereocenters. The van der Waals surface area contributed by atoms with Gasteiger partial charge in [0.1, 0.15) is 17.1 Å². The molecule has 2 aromatic rings. The van der Waals surface area contributed by atoms with Crippen LogP contribution in [0.15, 0.2) is 52.5 Å². The summed E-state index contributed by atoms with van der Waals surface area (Å²) in [5, 5.41) is 2.21. The third kappa shape index (κ3) is 4.48. The van der Waals surface area contributed by atoms with E-state index in [4.69, 9.17) is 9.47 Å². The lowest BCUT2D eigenvalue weighted by Gasteiger charge is -2.26. The molecule has 0 bridgehead atoms. The fourth-order valence-corrected chi connectivity index (χ4v) is 3.30. The van der Waals surface area contributed by atoms with Crippen LogP contribution in [-0.2, 0) is 9.59 Å². The van der Waals surface area contributed by atoms with Crippen molar-refractivity contribution in [2.45, 2.75) is 13.3 Å². The summed E-state index contributed by atoms with van der Waals surface area (Å²) in [5.74, 6) is -0.192. The molecule has 1 aliphatic heterocycles. The molecule has 0 atom stereocenters. The first-order valence-electron chi connectivity index (χ1n) is 8.92. The molecule has 0 radical (unpaired) electrons. The van der Waals surface area contributed by atoms with Gasteiger partial charge in [-0.15, -0.1) is 0 Å². The molecule has 0 aliphatic carbocycles. The number of urea groups is 1. The van der Waals surface area contributed by atoms with Crippen molar-refractivity contribution in [3.8, 4) is 11.5 Å². The number of carbonyl (C=O) groups excluding carboxylic acids is 3. The average molecular weight is 459 g/mol. The van der Waals surface area contributed by atoms with E-state index >= 15 is 0 Å². The maximum Gasteiger partial charge on any atom is 0.335 e. The van der Waals surface area contributed by atoms with Gasteiger partial charge in [0.15, 0.2) is 0 Å². The normalized spacial score (nSPS) is 15.5. The van der Waals surface area contributed by atoms with Crippen LogP contribution in [-0.4, -0.2) is 31.6 Å². The number of carbonyl (C=O) groups is 3. The van der Waals surface area contributed by atoms with Crippen molar-refractivity contribution in [1.29, 1.82) is 0 Å². The van der Waals surface area contributed by atoms with Crippen molar-refractivity contribution in [3.05, 3.63) is 58.1 Å². The van der Waals surface area contributed by atoms with E-state index in [0.717, 1.165) is 11.3 Å². The summed E-state index contributed by atoms with van der Waals surface area (Å²) in [6.45, 7) is 2.57. The van der Waals surface area contributed by atoms with E-state index in [-0.39, 0.29) is 5.57 Å². The van der Waals surface area contributed by atoms with Gasteiger partial charge in [0.05, 0.1) is 23.9 Å². The molecule has 1 N–H and O–H groups in total. The zero-order valence-electron chi connectivity index (χ0n) is 15.9. The Labute approximate surface area is 176 Å². The van der Waals surface area contributed by atoms with E-state index in [1.807, 2.05) is 6.92 Å². The van der Waals surface area contributed by atoms with Crippen LogP contribution < -0.4 is 19.7 Å². The van der Waals surface area contributed by atoms with E-state index in [0.29, 0.717) is 33.8 Å². The molecule has 29 heavy (non-hydrogen) atoms. The molecular formula is C21H19BrN2O5. The summed E-state index contributed by atoms with van der Waals surface area (Å²) in [4.78, 5) is 38.4. The summed E-state index contributed by atoms with van der Waals surface area (Å²) >= 11 is 3.37. The van der Waals surface area contributed by atoms with Gasteiger partial charge in [-0.1, -0.05) is 13.0 Å². The summed E-state index contributed by atoms with van der Waals surface area (Å²) in [5.41, 5.74) is 0.799. The van der Waals surface area contributed by atoms with Crippen molar-refractivity contribution in [2.24, 2.45) is 0 Å². The van der Waals surface area contributed by atoms with Crippen molar-refractivity contribution in [1.82, 2.24) is 5.32 Å². The monoisotopic (exact) mass is 458 g/mol. The molecule has 150 valence electrons. The lowest BCUT2D eigenvalue weighted by Crippen LogP contribution is -2.54. The van der Waals surface area contributed by atoms with Crippen LogP contribution in [0.3, 0.4) is 0 Å². The summed E-state index contributed by atoms with van der Waals surface area (Å²) in [6.07, 6.45) is 2.30. The van der Waals surface area contributed by atoms with E-state index in [9.17, 15) is 14.4 Å². The Balaban J connectivity index is 1.90. The highest BCUT2D eigenvalue weighted by Crippen LogP contribution is 2.28. The van der Waals surface area contributed by atoms with Gasteiger partial charge in [0, 0.05) is 0 Å². The van der Waals surface area contributed by atoms with Gasteiger partial charge in [-0.25, -0.2) is 9.69 Å². The second-order valence-corrected chi connectivity index (χ2v) is 7.05. The summed E-state index contributed by atoms with van der Waals surface area (Å²) < 4.78 is 11.4. The minimum atomic E-state index is -0.796. The average Bonchev–Trinajstić information content (AvgIpc) is 2.70. The van der Waals surface area contributed by atoms with Crippen LogP contribution in [0.2, 0.25) is 0 Å². The number of methoxy groups -OCH3 is 1. The fourth-order valence-electron chi connectivity index (χ4n) is 2.74. The summed E-state index contributed by atoms with van der Waals surface area (Å²) in [7, 11) is 1.54. The first kappa shape index (κ1) is 20.6. The maximum absolute atomic E-state index is 12.9. The Morgan fingerprint density at radius 1 is 1.10 bits per heavy atom. The topological polar surface area (TPSA) is 84.9 Å². The number of amides is 4. The second kappa shape index (κ2) is 8.91. The number of hydrogen-bond acceptors (Lipinski definition) is 5. The SMILES string of the molecule is CCCOc1ccc(N2C(=O)NC(=O)/C(=C/c3ccc(OC)c(Br)c3)C2=O)cc1. The smallest absolute Gasteiger partial charge is 0.335 e. The number of rotatable bonds is 6. The molecule has 8 heteroatoms. The number of ether oxygens (including phenoxy) is 2. The first-order valence-corrected chi connectivity index (χ1v) is 9.71. The molecule has 1 fully saturated rings. The van der Waals surface area contributed by atoms with Gasteiger partial charge < -0.3 is 9.47 Å². The van der Waals surface area contributed by atoms with Crippen LogP contribution >= 0.6 is 15.9 Å². The number of halogens is 1. The molecule has 0 aromatic heterocycles. The largest absolute Gasteiger partial charge is 0.496 e. The van der Waals surface area contributed by atoms with Crippen molar-refractivity contribution < 1.29 is 23.9 Å². The Kier molecular flexibility index (Phi) is 6.33. The van der Waals surface area contributed by atoms with Crippen LogP contribution in [0.4, 0.5) is 10.5 Å². The van der Waals surface area contributed by atoms with Gasteiger partial charge in [0.2, 0.25) is 0 Å². The molecular weight excluding hydrogens is 440 g/mol. The van der Waals surface area contributed by atoms with Crippen LogP contribution in [0.25, 0.3) is 6.08 Å². The number of anilines is 1. The molecule has 0 saturated carbocycles. The van der Waals surface area contributed by atoms with Crippen molar-refractivity contribution in [2.75, 3.05) is 18.6 Å². The Morgan fingerprint density at radius 2 is 1.83 bits per heavy atom. The minimum Gasteiger partial charge on any atom is -0.496 e. The van der Waals surface area contributed by atoms with Crippen LogP contribution in [0, 0.1) is 0 Å². The van der Waals surface area contributed by atoms with E-state index in [1.54, 1.807) is 49.6 Å². The highest BCUT2D eigenvalue weighted by atomic mass is 79.9. The number of imide groups is 2. The number of nitrogens with zero attached hydrogens (tertiary/aromatic N) is 1. The number of nitrogens with one attached hydrogen (secondary N) is 1. The number of hydrogen-bond donors (Lipinski definition) is 1. The van der Waals surface area contributed by atoms with Gasteiger partial charge >= 0.3 is 6.03 Å². The van der Waals surface area contributed by atoms with Gasteiger partial charge in [-0.3, -0.25) is 14.9 Å². The van der Waals surface area contributed by atoms with Crippen molar-refractivity contribution in [3.63, 3.8) is 0 Å². The molecule has 1 aliphatic rings. The molecule has 3 rings (SSSR count). The zero-order valence-corrected chi connectivity index (χ0v) is 17.5. The summed E-state index contributed by atoms with van der Waals surface area (Å²) in [6, 6.07) is 10.9. The zero-order chi connectivity index (χ0) is 21.0. The van der Waals surface area contributed by atoms with Crippen LogP contribution in [0.1, 0.15) is 18.9 Å². The van der Waals surface area contributed by atoms with Gasteiger partial charge in [0.25, 0.3) is 11.8 Å². The quantitative estimate of drug-likeness (QED) is 0.523. The first-order chi connectivity index (χ1) is 13.9. The number of benzene rings is 2. The molecule has 2 aromatic carbocycles. The fraction of sp³-hybridized carbons (Fsp3) is 0.190. The van der Waals surface area contributed by atoms with Gasteiger partial charge in [-0.05, 0) is 70.4 Å². The third-order valence-electron chi connectivity index (χ3n) is 4.16. The highest BCUT2D eigenvalue weighted by molar-refractivity contribution is 9.10. The highest BCUT2D eigenvalue weighted by Gasteiger charge is 2.36. The predicted octanol–water partition coefficient (Wildman–Crippen LogP) is 3.91. The van der Waals surface area contributed by atoms with Crippen molar-refractivity contribution >= 4 is 45.5 Å². The molecule has 1 heterocycles. The lowest BCUT2D eigenvalue weighted by molar-refractivity contribution is -0.122. The minimum absolute atomic E-state index is 0.145. The van der Waals surface area contributed by atoms with E-state index in [2.05, 4.69) is 21.2 Å². The van der Waals surface area contributed by atoms with E-state index in [1.165, 1.54) is 6.08 Å². The standard InChI is InChI=1S/C21H19BrN2O5/c1-3-10-29-15-7-5-14(6-8-15)24-20(26)16(19(25)23-21(24)27)11-13-4-9-18(28-2)17(22)12-13/h4-9,11-12H,3,10H2,1-2H3,(H,23,25,27)/b16-11-.